The quantitative estimate of drug-likeness (QED) is 0.128. The standard InChI is InChI=1S/C34H31N3O4S2/c1-2-3-18-37-33(42-31-16-13-24-9-4-6-11-27(24)34(31)37)23-32-36(19-8-21-43(38,39)40)29-22-26(14-15-30(29)41-32)35-20-17-25-10-5-7-12-28(25)35/h4-7,9-17,20,22-23H,2-3,8,18-19,21H2,1H3. The zero-order chi connectivity index (χ0) is 29.6. The molecule has 0 spiro atoms. The van der Waals surface area contributed by atoms with Crippen LogP contribution in [0.2, 0.25) is 0 Å². The van der Waals surface area contributed by atoms with E-state index in [1.807, 2.05) is 35.4 Å². The molecule has 0 atom stereocenters. The molecule has 2 aromatic heterocycles. The van der Waals surface area contributed by atoms with Gasteiger partial charge in [0.15, 0.2) is 12.3 Å². The fourth-order valence-corrected chi connectivity index (χ4v) is 7.52. The van der Waals surface area contributed by atoms with Gasteiger partial charge in [-0.15, -0.1) is 0 Å². The van der Waals surface area contributed by atoms with E-state index in [9.17, 15) is 13.0 Å². The van der Waals surface area contributed by atoms with Crippen LogP contribution in [0.1, 0.15) is 31.2 Å². The molecule has 7 rings (SSSR count). The van der Waals surface area contributed by atoms with Crippen LogP contribution < -0.4 is 14.2 Å². The molecule has 1 aliphatic rings. The van der Waals surface area contributed by atoms with E-state index in [1.54, 1.807) is 11.3 Å². The minimum absolute atomic E-state index is 0.190. The smallest absolute Gasteiger partial charge is 0.268 e. The average molecular weight is 610 g/mol. The van der Waals surface area contributed by atoms with Crippen molar-refractivity contribution in [3.05, 3.63) is 102 Å². The number of nitrogens with zero attached hydrogens (tertiary/aromatic N) is 3. The number of rotatable bonds is 9. The highest BCUT2D eigenvalue weighted by atomic mass is 32.2. The van der Waals surface area contributed by atoms with Gasteiger partial charge >= 0.3 is 0 Å². The van der Waals surface area contributed by atoms with Crippen molar-refractivity contribution in [2.24, 2.45) is 0 Å². The lowest BCUT2D eigenvalue weighted by molar-refractivity contribution is -0.668. The second-order valence-electron chi connectivity index (χ2n) is 10.8. The first kappa shape index (κ1) is 27.6. The molecule has 0 bridgehead atoms. The summed E-state index contributed by atoms with van der Waals surface area (Å²) in [6.07, 6.45) is 6.41. The van der Waals surface area contributed by atoms with Gasteiger partial charge in [-0.05, 0) is 59.7 Å². The Kier molecular flexibility index (Phi) is 7.17. The SMILES string of the molecule is CCCC[n+]1c(/C=C2\Oc3ccc(-n4ccc5ccccc54)cc3N2CCCS(=O)(=O)[O-])sc2ccc3ccccc3c21. The highest BCUT2D eigenvalue weighted by molar-refractivity contribution is 7.85. The third kappa shape index (κ3) is 5.29. The number of benzene rings is 4. The average Bonchev–Trinajstić information content (AvgIpc) is 3.69. The highest BCUT2D eigenvalue weighted by Crippen LogP contribution is 2.42. The van der Waals surface area contributed by atoms with Gasteiger partial charge in [-0.25, -0.2) is 8.42 Å². The monoisotopic (exact) mass is 609 g/mol. The Morgan fingerprint density at radius 1 is 0.953 bits per heavy atom. The number of thiazole rings is 1. The minimum atomic E-state index is -4.34. The molecule has 0 saturated carbocycles. The number of aromatic nitrogens is 2. The molecule has 43 heavy (non-hydrogen) atoms. The molecule has 7 nitrogen and oxygen atoms in total. The van der Waals surface area contributed by atoms with Crippen LogP contribution in [0.5, 0.6) is 5.75 Å². The van der Waals surface area contributed by atoms with E-state index in [2.05, 4.69) is 82.8 Å². The van der Waals surface area contributed by atoms with Crippen molar-refractivity contribution in [3.63, 3.8) is 0 Å². The number of hydrogen-bond donors (Lipinski definition) is 0. The molecule has 6 aromatic rings. The summed E-state index contributed by atoms with van der Waals surface area (Å²) in [4.78, 5) is 2.00. The van der Waals surface area contributed by atoms with E-state index < -0.39 is 15.9 Å². The van der Waals surface area contributed by atoms with Crippen LogP contribution >= 0.6 is 11.3 Å². The first-order valence-electron chi connectivity index (χ1n) is 14.5. The van der Waals surface area contributed by atoms with Crippen LogP contribution in [0, 0.1) is 0 Å². The molecule has 0 amide bonds. The van der Waals surface area contributed by atoms with E-state index in [0.29, 0.717) is 18.2 Å². The van der Waals surface area contributed by atoms with Gasteiger partial charge in [0.2, 0.25) is 11.4 Å². The fraction of sp³-hybridized carbons (Fsp3) is 0.206. The number of ether oxygens (including phenoxy) is 1. The Bertz CT molecular complexity index is 2130. The first-order chi connectivity index (χ1) is 20.9. The van der Waals surface area contributed by atoms with Crippen molar-refractivity contribution < 1.29 is 22.3 Å². The minimum Gasteiger partial charge on any atom is -0.748 e. The lowest BCUT2D eigenvalue weighted by Gasteiger charge is -2.19. The Labute approximate surface area is 254 Å². The number of anilines is 1. The van der Waals surface area contributed by atoms with E-state index in [4.69, 9.17) is 4.74 Å². The summed E-state index contributed by atoms with van der Waals surface area (Å²) in [5.74, 6) is 0.886. The fourth-order valence-electron chi connectivity index (χ4n) is 5.91. The van der Waals surface area contributed by atoms with Gasteiger partial charge in [-0.3, -0.25) is 0 Å². The molecule has 0 unspecified atom stereocenters. The van der Waals surface area contributed by atoms with Gasteiger partial charge in [-0.1, -0.05) is 67.1 Å². The van der Waals surface area contributed by atoms with E-state index in [-0.39, 0.29) is 6.42 Å². The molecular formula is C34H31N3O4S2. The zero-order valence-electron chi connectivity index (χ0n) is 23.8. The Balaban J connectivity index is 1.34. The number of unbranched alkanes of at least 4 members (excludes halogenated alkanes) is 1. The Morgan fingerprint density at radius 2 is 1.77 bits per heavy atom. The number of aryl methyl sites for hydroxylation is 1. The van der Waals surface area contributed by atoms with Crippen molar-refractivity contribution >= 4 is 65.1 Å². The third-order valence-electron chi connectivity index (χ3n) is 7.96. The van der Waals surface area contributed by atoms with Crippen LogP contribution in [-0.2, 0) is 16.7 Å². The molecule has 4 aromatic carbocycles. The van der Waals surface area contributed by atoms with Gasteiger partial charge in [0, 0.05) is 30.6 Å². The molecule has 218 valence electrons. The summed E-state index contributed by atoms with van der Waals surface area (Å²) < 4.78 is 46.6. The summed E-state index contributed by atoms with van der Waals surface area (Å²) in [7, 11) is -4.34. The van der Waals surface area contributed by atoms with E-state index >= 15 is 0 Å². The molecular weight excluding hydrogens is 579 g/mol. The highest BCUT2D eigenvalue weighted by Gasteiger charge is 2.30. The maximum atomic E-state index is 11.5. The molecule has 0 N–H and O–H groups in total. The van der Waals surface area contributed by atoms with Crippen molar-refractivity contribution in [1.82, 2.24) is 4.57 Å². The molecule has 3 heterocycles. The van der Waals surface area contributed by atoms with Gasteiger partial charge in [-0.2, -0.15) is 4.57 Å². The van der Waals surface area contributed by atoms with Gasteiger partial charge in [0.05, 0.1) is 32.8 Å². The third-order valence-corrected chi connectivity index (χ3v) is 9.85. The second-order valence-corrected chi connectivity index (χ2v) is 13.4. The molecule has 0 radical (unpaired) electrons. The van der Waals surface area contributed by atoms with Gasteiger partial charge < -0.3 is 18.8 Å². The van der Waals surface area contributed by atoms with Crippen molar-refractivity contribution in [3.8, 4) is 11.4 Å². The summed E-state index contributed by atoms with van der Waals surface area (Å²) >= 11 is 1.72. The maximum absolute atomic E-state index is 11.5. The topological polar surface area (TPSA) is 78.5 Å². The zero-order valence-corrected chi connectivity index (χ0v) is 25.4. The second kappa shape index (κ2) is 11.1. The first-order valence-corrected chi connectivity index (χ1v) is 16.9. The Hall–Kier alpha value is -4.18. The number of para-hydroxylation sites is 1. The van der Waals surface area contributed by atoms with Gasteiger partial charge in [0.25, 0.3) is 5.01 Å². The largest absolute Gasteiger partial charge is 0.748 e. The molecule has 1 aliphatic heterocycles. The summed E-state index contributed by atoms with van der Waals surface area (Å²) in [6, 6.07) is 29.2. The molecule has 0 saturated heterocycles. The maximum Gasteiger partial charge on any atom is 0.268 e. The van der Waals surface area contributed by atoms with E-state index in [1.165, 1.54) is 21.0 Å². The van der Waals surface area contributed by atoms with Crippen molar-refractivity contribution in [2.45, 2.75) is 32.7 Å². The van der Waals surface area contributed by atoms with Crippen LogP contribution in [0.4, 0.5) is 5.69 Å². The van der Waals surface area contributed by atoms with Crippen LogP contribution in [0.25, 0.3) is 43.7 Å². The van der Waals surface area contributed by atoms with Crippen molar-refractivity contribution in [2.75, 3.05) is 17.2 Å². The summed E-state index contributed by atoms with van der Waals surface area (Å²) in [5, 5.41) is 4.62. The normalized spacial score (nSPS) is 14.3. The predicted molar refractivity (Wildman–Crippen MR) is 173 cm³/mol. The number of hydrogen-bond acceptors (Lipinski definition) is 6. The number of fused-ring (bicyclic) bond motifs is 5. The van der Waals surface area contributed by atoms with Crippen LogP contribution in [0.3, 0.4) is 0 Å². The van der Waals surface area contributed by atoms with Crippen LogP contribution in [-0.4, -0.2) is 29.8 Å². The van der Waals surface area contributed by atoms with E-state index in [0.717, 1.165) is 46.7 Å². The van der Waals surface area contributed by atoms with Gasteiger partial charge in [0.1, 0.15) is 4.70 Å². The van der Waals surface area contributed by atoms with Crippen molar-refractivity contribution in [1.29, 1.82) is 0 Å². The lowest BCUT2D eigenvalue weighted by Crippen LogP contribution is -2.35. The lowest BCUT2D eigenvalue weighted by atomic mass is 10.1. The van der Waals surface area contributed by atoms with Crippen LogP contribution in [0.15, 0.2) is 97.0 Å². The Morgan fingerprint density at radius 3 is 2.60 bits per heavy atom. The summed E-state index contributed by atoms with van der Waals surface area (Å²) in [6.45, 7) is 3.40. The molecule has 9 heteroatoms. The summed E-state index contributed by atoms with van der Waals surface area (Å²) in [5.41, 5.74) is 4.12. The molecule has 0 aliphatic carbocycles. The molecule has 0 fully saturated rings. The predicted octanol–water partition coefficient (Wildman–Crippen LogP) is 7.22.